The Balaban J connectivity index is 2.51. The van der Waals surface area contributed by atoms with E-state index >= 15 is 0 Å². The highest BCUT2D eigenvalue weighted by molar-refractivity contribution is 9.09. The molecule has 1 aromatic carbocycles. The zero-order valence-electron chi connectivity index (χ0n) is 11.9. The van der Waals surface area contributed by atoms with Crippen molar-refractivity contribution in [2.45, 2.75) is 30.5 Å². The molecular formula is C14H21BrO3Si. The predicted molar refractivity (Wildman–Crippen MR) is 83.8 cm³/mol. The van der Waals surface area contributed by atoms with Crippen molar-refractivity contribution < 1.29 is 14.3 Å². The third-order valence-corrected chi connectivity index (χ3v) is 5.32. The van der Waals surface area contributed by atoms with Crippen LogP contribution in [0.2, 0.25) is 25.7 Å². The first kappa shape index (κ1) is 16.2. The number of alkyl halides is 1. The van der Waals surface area contributed by atoms with E-state index in [1.807, 2.05) is 24.3 Å². The molecule has 0 aliphatic carbocycles. The fourth-order valence-corrected chi connectivity index (χ4v) is 2.59. The van der Waals surface area contributed by atoms with Crippen LogP contribution in [0.25, 0.3) is 0 Å². The van der Waals surface area contributed by atoms with Crippen molar-refractivity contribution in [2.24, 2.45) is 0 Å². The molecule has 0 N–H and O–H groups in total. The molecule has 0 radical (unpaired) electrons. The zero-order valence-corrected chi connectivity index (χ0v) is 14.5. The molecule has 106 valence electrons. The van der Waals surface area contributed by atoms with Crippen LogP contribution in [0.4, 0.5) is 0 Å². The molecule has 19 heavy (non-hydrogen) atoms. The number of benzene rings is 1. The van der Waals surface area contributed by atoms with E-state index in [4.69, 9.17) is 9.47 Å². The largest absolute Gasteiger partial charge is 0.497 e. The van der Waals surface area contributed by atoms with E-state index in [1.54, 1.807) is 7.11 Å². The molecule has 0 amide bonds. The molecule has 5 heteroatoms. The number of esters is 1. The summed E-state index contributed by atoms with van der Waals surface area (Å²) >= 11 is 3.37. The maximum Gasteiger partial charge on any atom is 0.324 e. The molecule has 0 saturated heterocycles. The lowest BCUT2D eigenvalue weighted by Crippen LogP contribution is -2.23. The Kier molecular flexibility index (Phi) is 6.07. The first-order chi connectivity index (χ1) is 8.83. The number of methoxy groups -OCH3 is 1. The molecule has 0 aliphatic heterocycles. The second-order valence-electron chi connectivity index (χ2n) is 5.61. The Bertz CT molecular complexity index is 412. The minimum Gasteiger partial charge on any atom is -0.497 e. The molecule has 0 aliphatic rings. The quantitative estimate of drug-likeness (QED) is 0.444. The second-order valence-corrected chi connectivity index (χ2v) is 12.2. The average Bonchev–Trinajstić information content (AvgIpc) is 2.36. The normalized spacial score (nSPS) is 12.9. The first-order valence-electron chi connectivity index (χ1n) is 6.28. The van der Waals surface area contributed by atoms with Crippen LogP contribution in [0.5, 0.6) is 5.75 Å². The number of hydrogen-bond donors (Lipinski definition) is 0. The zero-order chi connectivity index (χ0) is 14.5. The second kappa shape index (κ2) is 7.10. The summed E-state index contributed by atoms with van der Waals surface area (Å²) in [5.41, 5.74) is 0.874. The van der Waals surface area contributed by atoms with Gasteiger partial charge >= 0.3 is 5.97 Å². The number of ether oxygens (including phenoxy) is 2. The summed E-state index contributed by atoms with van der Waals surface area (Å²) in [6.07, 6.45) is 0. The fraction of sp³-hybridized carbons (Fsp3) is 0.500. The molecule has 0 aromatic heterocycles. The maximum atomic E-state index is 11.9. The van der Waals surface area contributed by atoms with E-state index in [9.17, 15) is 4.79 Å². The van der Waals surface area contributed by atoms with Gasteiger partial charge in [-0.2, -0.15) is 0 Å². The molecule has 1 rings (SSSR count). The molecule has 0 heterocycles. The van der Waals surface area contributed by atoms with Gasteiger partial charge in [0.1, 0.15) is 10.6 Å². The lowest BCUT2D eigenvalue weighted by atomic mass is 10.1. The average molecular weight is 345 g/mol. The van der Waals surface area contributed by atoms with Gasteiger partial charge in [0.05, 0.1) is 13.7 Å². The van der Waals surface area contributed by atoms with Crippen LogP contribution in [0.3, 0.4) is 0 Å². The standard InChI is InChI=1S/C14H21BrO3Si/c1-17-12-7-5-11(6-8-12)13(15)14(16)18-9-10-19(2,3)4/h5-8,13H,9-10H2,1-4H3. The molecule has 3 nitrogen and oxygen atoms in total. The highest BCUT2D eigenvalue weighted by Crippen LogP contribution is 2.26. The van der Waals surface area contributed by atoms with Crippen molar-refractivity contribution >= 4 is 30.0 Å². The van der Waals surface area contributed by atoms with Gasteiger partial charge in [-0.3, -0.25) is 4.79 Å². The monoisotopic (exact) mass is 344 g/mol. The number of rotatable bonds is 6. The first-order valence-corrected chi connectivity index (χ1v) is 10.9. The lowest BCUT2D eigenvalue weighted by Gasteiger charge is -2.16. The van der Waals surface area contributed by atoms with Crippen LogP contribution >= 0.6 is 15.9 Å². The van der Waals surface area contributed by atoms with Crippen LogP contribution in [0.15, 0.2) is 24.3 Å². The fourth-order valence-electron chi connectivity index (χ4n) is 1.44. The Labute approximate surface area is 124 Å². The third kappa shape index (κ3) is 5.78. The van der Waals surface area contributed by atoms with Gasteiger partial charge in [-0.25, -0.2) is 0 Å². The molecule has 0 spiro atoms. The highest BCUT2D eigenvalue weighted by Gasteiger charge is 2.20. The smallest absolute Gasteiger partial charge is 0.324 e. The molecule has 1 unspecified atom stereocenters. The Morgan fingerprint density at radius 2 is 1.84 bits per heavy atom. The summed E-state index contributed by atoms with van der Waals surface area (Å²) in [5.74, 6) is 0.541. The van der Waals surface area contributed by atoms with Gasteiger partial charge in [-0.1, -0.05) is 47.7 Å². The van der Waals surface area contributed by atoms with Crippen molar-refractivity contribution in [2.75, 3.05) is 13.7 Å². The topological polar surface area (TPSA) is 35.5 Å². The third-order valence-electron chi connectivity index (χ3n) is 2.71. The molecule has 1 aromatic rings. The Morgan fingerprint density at radius 3 is 2.32 bits per heavy atom. The van der Waals surface area contributed by atoms with Gasteiger partial charge in [0.2, 0.25) is 0 Å². The van der Waals surface area contributed by atoms with E-state index in [0.29, 0.717) is 6.61 Å². The van der Waals surface area contributed by atoms with E-state index in [-0.39, 0.29) is 5.97 Å². The van der Waals surface area contributed by atoms with Gasteiger partial charge in [0.15, 0.2) is 0 Å². The highest BCUT2D eigenvalue weighted by atomic mass is 79.9. The Hall–Kier alpha value is -0.813. The van der Waals surface area contributed by atoms with E-state index in [1.165, 1.54) is 0 Å². The number of halogens is 1. The minimum absolute atomic E-state index is 0.233. The van der Waals surface area contributed by atoms with Gasteiger partial charge in [-0.05, 0) is 23.7 Å². The predicted octanol–water partition coefficient (Wildman–Crippen LogP) is 4.01. The number of carbonyl (C=O) groups is 1. The van der Waals surface area contributed by atoms with Crippen molar-refractivity contribution in [3.05, 3.63) is 29.8 Å². The van der Waals surface area contributed by atoms with Gasteiger partial charge < -0.3 is 9.47 Å². The maximum absolute atomic E-state index is 11.9. The molecule has 1 atom stereocenters. The molecule has 0 bridgehead atoms. The molecule has 0 fully saturated rings. The van der Waals surface area contributed by atoms with Crippen LogP contribution in [0.1, 0.15) is 10.4 Å². The van der Waals surface area contributed by atoms with Crippen LogP contribution < -0.4 is 4.74 Å². The molecular weight excluding hydrogens is 324 g/mol. The minimum atomic E-state index is -1.16. The number of hydrogen-bond acceptors (Lipinski definition) is 3. The van der Waals surface area contributed by atoms with Crippen LogP contribution in [-0.4, -0.2) is 27.8 Å². The summed E-state index contributed by atoms with van der Waals surface area (Å²) in [5, 5.41) is 0. The molecule has 0 saturated carbocycles. The number of carbonyl (C=O) groups excluding carboxylic acids is 1. The van der Waals surface area contributed by atoms with E-state index < -0.39 is 12.9 Å². The Morgan fingerprint density at radius 1 is 1.26 bits per heavy atom. The van der Waals surface area contributed by atoms with Crippen LogP contribution in [-0.2, 0) is 9.53 Å². The van der Waals surface area contributed by atoms with Crippen molar-refractivity contribution in [3.63, 3.8) is 0 Å². The van der Waals surface area contributed by atoms with Crippen molar-refractivity contribution in [1.82, 2.24) is 0 Å². The van der Waals surface area contributed by atoms with E-state index in [2.05, 4.69) is 35.6 Å². The summed E-state index contributed by atoms with van der Waals surface area (Å²) in [6.45, 7) is 7.29. The van der Waals surface area contributed by atoms with Gasteiger partial charge in [-0.15, -0.1) is 0 Å². The summed E-state index contributed by atoms with van der Waals surface area (Å²) < 4.78 is 10.4. The van der Waals surface area contributed by atoms with Gasteiger partial charge in [0, 0.05) is 8.07 Å². The summed E-state index contributed by atoms with van der Waals surface area (Å²) in [6, 6.07) is 8.37. The lowest BCUT2D eigenvalue weighted by molar-refractivity contribution is -0.142. The van der Waals surface area contributed by atoms with Gasteiger partial charge in [0.25, 0.3) is 0 Å². The SMILES string of the molecule is COc1ccc(C(Br)C(=O)OCC[Si](C)(C)C)cc1. The van der Waals surface area contributed by atoms with E-state index in [0.717, 1.165) is 17.4 Å². The summed E-state index contributed by atoms with van der Waals surface area (Å²) in [7, 11) is 0.457. The summed E-state index contributed by atoms with van der Waals surface area (Å²) in [4.78, 5) is 11.5. The van der Waals surface area contributed by atoms with Crippen molar-refractivity contribution in [1.29, 1.82) is 0 Å². The van der Waals surface area contributed by atoms with Crippen LogP contribution in [0, 0.1) is 0 Å². The van der Waals surface area contributed by atoms with Crippen molar-refractivity contribution in [3.8, 4) is 5.75 Å².